The highest BCUT2D eigenvalue weighted by Crippen LogP contribution is 2.13. The average molecular weight is 745 g/mol. The number of unbranched alkanes of at least 4 members (excludes halogenated alkanes) is 23. The summed E-state index contributed by atoms with van der Waals surface area (Å²) in [6.45, 7) is 6.51. The number of rotatable bonds is 40. The number of ether oxygens (including phenoxy) is 3. The summed E-state index contributed by atoms with van der Waals surface area (Å²) in [5.74, 6) is -0.938. The second kappa shape index (κ2) is 42.4. The minimum atomic E-state index is -0.784. The molecule has 0 fully saturated rings. The van der Waals surface area contributed by atoms with Crippen LogP contribution in [0.4, 0.5) is 0 Å². The van der Waals surface area contributed by atoms with Gasteiger partial charge in [0, 0.05) is 19.3 Å². The summed E-state index contributed by atoms with van der Waals surface area (Å²) in [5, 5.41) is 0. The summed E-state index contributed by atoms with van der Waals surface area (Å²) >= 11 is 0. The van der Waals surface area contributed by atoms with Crippen LogP contribution >= 0.6 is 0 Å². The maximum Gasteiger partial charge on any atom is 0.306 e. The molecule has 0 aliphatic carbocycles. The Morgan fingerprint density at radius 1 is 0.358 bits per heavy atom. The Bertz CT molecular complexity index is 907. The van der Waals surface area contributed by atoms with Crippen LogP contribution in [0.2, 0.25) is 0 Å². The summed E-state index contributed by atoms with van der Waals surface area (Å²) in [6.07, 6.45) is 47.0. The van der Waals surface area contributed by atoms with Gasteiger partial charge < -0.3 is 14.2 Å². The molecule has 6 heteroatoms. The topological polar surface area (TPSA) is 78.9 Å². The number of hydrogen-bond donors (Lipinski definition) is 0. The fourth-order valence-electron chi connectivity index (χ4n) is 6.13. The second-order valence-electron chi connectivity index (χ2n) is 14.9. The van der Waals surface area contributed by atoms with Crippen LogP contribution in [-0.4, -0.2) is 37.2 Å². The molecule has 1 atom stereocenters. The largest absolute Gasteiger partial charge is 0.462 e. The number of hydrogen-bond acceptors (Lipinski definition) is 6. The molecule has 0 N–H and O–H groups in total. The summed E-state index contributed by atoms with van der Waals surface area (Å²) in [5.41, 5.74) is 0. The second-order valence-corrected chi connectivity index (χ2v) is 14.9. The van der Waals surface area contributed by atoms with Gasteiger partial charge in [-0.25, -0.2) is 0 Å². The van der Waals surface area contributed by atoms with E-state index in [1.54, 1.807) is 0 Å². The lowest BCUT2D eigenvalue weighted by atomic mass is 10.1. The molecule has 308 valence electrons. The maximum atomic E-state index is 12.7. The van der Waals surface area contributed by atoms with Crippen LogP contribution in [0.25, 0.3) is 0 Å². The van der Waals surface area contributed by atoms with Crippen molar-refractivity contribution in [1.29, 1.82) is 0 Å². The van der Waals surface area contributed by atoms with Gasteiger partial charge in [0.05, 0.1) is 0 Å². The van der Waals surface area contributed by atoms with Crippen LogP contribution in [0.15, 0.2) is 36.5 Å². The first-order valence-electron chi connectivity index (χ1n) is 22.5. The van der Waals surface area contributed by atoms with Gasteiger partial charge in [-0.1, -0.05) is 160 Å². The van der Waals surface area contributed by atoms with Gasteiger partial charge in [-0.05, 0) is 83.5 Å². The van der Waals surface area contributed by atoms with Crippen LogP contribution in [0.5, 0.6) is 0 Å². The van der Waals surface area contributed by atoms with E-state index >= 15 is 0 Å². The third-order valence-electron chi connectivity index (χ3n) is 9.59. The molecule has 0 amide bonds. The van der Waals surface area contributed by atoms with Crippen molar-refractivity contribution in [2.75, 3.05) is 13.2 Å². The summed E-state index contributed by atoms with van der Waals surface area (Å²) in [4.78, 5) is 37.6. The van der Waals surface area contributed by atoms with E-state index in [9.17, 15) is 14.4 Å². The fourth-order valence-corrected chi connectivity index (χ4v) is 6.13. The predicted molar refractivity (Wildman–Crippen MR) is 224 cm³/mol. The third kappa shape index (κ3) is 40.6. The lowest BCUT2D eigenvalue weighted by Gasteiger charge is -2.18. The molecule has 0 aliphatic rings. The lowest BCUT2D eigenvalue weighted by molar-refractivity contribution is -0.167. The minimum absolute atomic E-state index is 0.0857. The standard InChI is InChI=1S/C47H84O6/c1-4-7-10-13-16-19-21-22-23-24-26-28-31-34-37-40-46(49)52-43-44(42-51-45(48)39-36-33-30-27-18-15-12-9-6-3)53-47(50)41-38-35-32-29-25-20-17-14-11-8-5-2/h14,17,19,21,27,30,44H,4-13,15-16,18,20,22-26,28-29,31-43H2,1-3H3/b17-14-,21-19-,30-27-. The Kier molecular flexibility index (Phi) is 40.5. The number of esters is 3. The van der Waals surface area contributed by atoms with Crippen molar-refractivity contribution in [3.8, 4) is 0 Å². The first-order chi connectivity index (χ1) is 26.0. The van der Waals surface area contributed by atoms with Crippen LogP contribution in [0.3, 0.4) is 0 Å². The van der Waals surface area contributed by atoms with Crippen molar-refractivity contribution < 1.29 is 28.6 Å². The van der Waals surface area contributed by atoms with Crippen molar-refractivity contribution in [3.63, 3.8) is 0 Å². The Balaban J connectivity index is 4.37. The molecular weight excluding hydrogens is 661 g/mol. The van der Waals surface area contributed by atoms with Gasteiger partial charge in [-0.2, -0.15) is 0 Å². The smallest absolute Gasteiger partial charge is 0.306 e. The van der Waals surface area contributed by atoms with E-state index in [1.807, 2.05) is 0 Å². The van der Waals surface area contributed by atoms with E-state index in [4.69, 9.17) is 14.2 Å². The van der Waals surface area contributed by atoms with Crippen LogP contribution in [-0.2, 0) is 28.6 Å². The highest BCUT2D eigenvalue weighted by molar-refractivity contribution is 5.71. The molecule has 0 bridgehead atoms. The third-order valence-corrected chi connectivity index (χ3v) is 9.59. The Morgan fingerprint density at radius 2 is 0.660 bits per heavy atom. The first kappa shape index (κ1) is 50.6. The summed E-state index contributed by atoms with van der Waals surface area (Å²) < 4.78 is 16.6. The minimum Gasteiger partial charge on any atom is -0.462 e. The zero-order chi connectivity index (χ0) is 38.7. The molecule has 0 aromatic carbocycles. The zero-order valence-electron chi connectivity index (χ0n) is 35.0. The molecule has 0 spiro atoms. The average Bonchev–Trinajstić information content (AvgIpc) is 3.15. The van der Waals surface area contributed by atoms with Crippen molar-refractivity contribution in [1.82, 2.24) is 0 Å². The SMILES string of the molecule is CCCC/C=C\CCCCCCCC(=O)OC(COC(=O)CCC/C=C\CCCCCC)COC(=O)CCCCCCCCC/C=C\CCCCCC. The number of carbonyl (C=O) groups is 3. The van der Waals surface area contributed by atoms with E-state index < -0.39 is 6.10 Å². The lowest BCUT2D eigenvalue weighted by Crippen LogP contribution is -2.30. The predicted octanol–water partition coefficient (Wildman–Crippen LogP) is 14.2. The molecular formula is C47H84O6. The molecule has 0 aromatic rings. The van der Waals surface area contributed by atoms with Crippen molar-refractivity contribution in [3.05, 3.63) is 36.5 Å². The summed E-state index contributed by atoms with van der Waals surface area (Å²) in [7, 11) is 0. The molecule has 0 aliphatic heterocycles. The normalized spacial score (nSPS) is 12.3. The molecule has 6 nitrogen and oxygen atoms in total. The molecule has 0 saturated carbocycles. The number of allylic oxidation sites excluding steroid dienone is 6. The highest BCUT2D eigenvalue weighted by atomic mass is 16.6. The summed E-state index contributed by atoms with van der Waals surface area (Å²) in [6, 6.07) is 0. The van der Waals surface area contributed by atoms with E-state index in [0.29, 0.717) is 19.3 Å². The van der Waals surface area contributed by atoms with Gasteiger partial charge in [-0.3, -0.25) is 14.4 Å². The quantitative estimate of drug-likeness (QED) is 0.0269. The Labute approximate surface area is 327 Å². The monoisotopic (exact) mass is 745 g/mol. The molecule has 1 unspecified atom stereocenters. The van der Waals surface area contributed by atoms with Gasteiger partial charge in [-0.15, -0.1) is 0 Å². The molecule has 0 aromatic heterocycles. The van der Waals surface area contributed by atoms with Crippen LogP contribution in [0, 0.1) is 0 Å². The fraction of sp³-hybridized carbons (Fsp3) is 0.809. The van der Waals surface area contributed by atoms with E-state index in [1.165, 1.54) is 116 Å². The van der Waals surface area contributed by atoms with Gasteiger partial charge in [0.2, 0.25) is 0 Å². The van der Waals surface area contributed by atoms with Crippen molar-refractivity contribution in [2.45, 2.75) is 232 Å². The molecule has 53 heavy (non-hydrogen) atoms. The zero-order valence-corrected chi connectivity index (χ0v) is 35.0. The van der Waals surface area contributed by atoms with E-state index in [2.05, 4.69) is 57.2 Å². The van der Waals surface area contributed by atoms with E-state index in [0.717, 1.165) is 70.6 Å². The van der Waals surface area contributed by atoms with Crippen LogP contribution < -0.4 is 0 Å². The highest BCUT2D eigenvalue weighted by Gasteiger charge is 2.19. The number of carbonyl (C=O) groups excluding carboxylic acids is 3. The Hall–Kier alpha value is -2.37. The van der Waals surface area contributed by atoms with E-state index in [-0.39, 0.29) is 31.1 Å². The van der Waals surface area contributed by atoms with Gasteiger partial charge in [0.15, 0.2) is 6.10 Å². The van der Waals surface area contributed by atoms with Gasteiger partial charge in [0.1, 0.15) is 13.2 Å². The Morgan fingerprint density at radius 3 is 1.08 bits per heavy atom. The molecule has 0 radical (unpaired) electrons. The van der Waals surface area contributed by atoms with Crippen molar-refractivity contribution in [2.24, 2.45) is 0 Å². The first-order valence-corrected chi connectivity index (χ1v) is 22.5. The maximum absolute atomic E-state index is 12.7. The van der Waals surface area contributed by atoms with Gasteiger partial charge >= 0.3 is 17.9 Å². The van der Waals surface area contributed by atoms with Crippen LogP contribution in [0.1, 0.15) is 226 Å². The molecule has 0 saturated heterocycles. The molecule has 0 rings (SSSR count). The van der Waals surface area contributed by atoms with Crippen molar-refractivity contribution >= 4 is 17.9 Å². The molecule has 0 heterocycles. The van der Waals surface area contributed by atoms with Gasteiger partial charge in [0.25, 0.3) is 0 Å².